The third kappa shape index (κ3) is 2.25. The van der Waals surface area contributed by atoms with Gasteiger partial charge in [-0.2, -0.15) is 0 Å². The van der Waals surface area contributed by atoms with Gasteiger partial charge in [0.25, 0.3) is 0 Å². The van der Waals surface area contributed by atoms with E-state index in [1.807, 2.05) is 31.2 Å². The number of rotatable bonds is 3. The topological polar surface area (TPSA) is 55.1 Å². The van der Waals surface area contributed by atoms with Gasteiger partial charge in [0.15, 0.2) is 0 Å². The van der Waals surface area contributed by atoms with E-state index in [0.29, 0.717) is 4.99 Å². The first kappa shape index (κ1) is 13.0. The fourth-order valence-electron chi connectivity index (χ4n) is 2.52. The molecule has 1 aromatic carbocycles. The van der Waals surface area contributed by atoms with Gasteiger partial charge in [-0.25, -0.2) is 0 Å². The SMILES string of the molecule is Cc1ccccc1NC(=O)C1(C(N)=S)CCCC1. The Bertz CT molecular complexity index is 478. The monoisotopic (exact) mass is 262 g/mol. The van der Waals surface area contributed by atoms with Gasteiger partial charge in [0.1, 0.15) is 0 Å². The zero-order valence-corrected chi connectivity index (χ0v) is 11.3. The predicted octanol–water partition coefficient (Wildman–Crippen LogP) is 2.78. The molecule has 0 spiro atoms. The zero-order valence-electron chi connectivity index (χ0n) is 10.5. The Morgan fingerprint density at radius 1 is 1.33 bits per heavy atom. The minimum Gasteiger partial charge on any atom is -0.392 e. The summed E-state index contributed by atoms with van der Waals surface area (Å²) < 4.78 is 0. The maximum atomic E-state index is 12.5. The summed E-state index contributed by atoms with van der Waals surface area (Å²) in [5.74, 6) is -0.0539. The lowest BCUT2D eigenvalue weighted by molar-refractivity contribution is -0.122. The number of carbonyl (C=O) groups excluding carboxylic acids is 1. The van der Waals surface area contributed by atoms with E-state index in [1.165, 1.54) is 0 Å². The molecule has 1 fully saturated rings. The Kier molecular flexibility index (Phi) is 3.66. The number of nitrogens with one attached hydrogen (secondary N) is 1. The van der Waals surface area contributed by atoms with Crippen LogP contribution >= 0.6 is 12.2 Å². The Morgan fingerprint density at radius 3 is 2.50 bits per heavy atom. The highest BCUT2D eigenvalue weighted by Crippen LogP contribution is 2.39. The molecule has 3 N–H and O–H groups in total. The van der Waals surface area contributed by atoms with Crippen LogP contribution in [0.15, 0.2) is 24.3 Å². The average molecular weight is 262 g/mol. The number of thiocarbonyl (C=S) groups is 1. The van der Waals surface area contributed by atoms with Gasteiger partial charge >= 0.3 is 0 Å². The molecule has 0 atom stereocenters. The van der Waals surface area contributed by atoms with Gasteiger partial charge in [-0.15, -0.1) is 0 Å². The van der Waals surface area contributed by atoms with Crippen LogP contribution in [0.2, 0.25) is 0 Å². The molecule has 1 aliphatic carbocycles. The van der Waals surface area contributed by atoms with Crippen molar-refractivity contribution < 1.29 is 4.79 Å². The average Bonchev–Trinajstić information content (AvgIpc) is 2.82. The molecule has 2 rings (SSSR count). The van der Waals surface area contributed by atoms with Crippen LogP contribution in [0.25, 0.3) is 0 Å². The molecule has 0 radical (unpaired) electrons. The van der Waals surface area contributed by atoms with Crippen molar-refractivity contribution >= 4 is 28.8 Å². The molecule has 0 bridgehead atoms. The van der Waals surface area contributed by atoms with E-state index < -0.39 is 5.41 Å². The summed E-state index contributed by atoms with van der Waals surface area (Å²) in [7, 11) is 0. The highest BCUT2D eigenvalue weighted by Gasteiger charge is 2.43. The molecule has 96 valence electrons. The number of carbonyl (C=O) groups is 1. The van der Waals surface area contributed by atoms with Crippen LogP contribution in [0.1, 0.15) is 31.2 Å². The molecule has 1 amide bonds. The largest absolute Gasteiger partial charge is 0.392 e. The zero-order chi connectivity index (χ0) is 13.2. The van der Waals surface area contributed by atoms with E-state index in [2.05, 4.69) is 5.32 Å². The van der Waals surface area contributed by atoms with E-state index in [4.69, 9.17) is 18.0 Å². The van der Waals surface area contributed by atoms with Gasteiger partial charge in [-0.05, 0) is 31.4 Å². The second-order valence-electron chi connectivity index (χ2n) is 4.92. The minimum atomic E-state index is -0.641. The first-order chi connectivity index (χ1) is 8.56. The molecule has 18 heavy (non-hydrogen) atoms. The van der Waals surface area contributed by atoms with Gasteiger partial charge in [0.2, 0.25) is 5.91 Å². The fraction of sp³-hybridized carbons (Fsp3) is 0.429. The number of aryl methyl sites for hydroxylation is 1. The summed E-state index contributed by atoms with van der Waals surface area (Å²) in [5.41, 5.74) is 7.04. The van der Waals surface area contributed by atoms with Crippen LogP contribution in [0.4, 0.5) is 5.69 Å². The number of hydrogen-bond acceptors (Lipinski definition) is 2. The molecule has 0 saturated heterocycles. The number of para-hydroxylation sites is 1. The lowest BCUT2D eigenvalue weighted by Crippen LogP contribution is -2.44. The van der Waals surface area contributed by atoms with Gasteiger partial charge in [0, 0.05) is 5.69 Å². The van der Waals surface area contributed by atoms with E-state index in [-0.39, 0.29) is 5.91 Å². The van der Waals surface area contributed by atoms with Crippen molar-refractivity contribution in [3.05, 3.63) is 29.8 Å². The first-order valence-electron chi connectivity index (χ1n) is 6.23. The van der Waals surface area contributed by atoms with Crippen molar-refractivity contribution in [1.29, 1.82) is 0 Å². The van der Waals surface area contributed by atoms with Gasteiger partial charge < -0.3 is 11.1 Å². The quantitative estimate of drug-likeness (QED) is 0.824. The summed E-state index contributed by atoms with van der Waals surface area (Å²) in [6, 6.07) is 7.72. The van der Waals surface area contributed by atoms with Crippen LogP contribution < -0.4 is 11.1 Å². The molecule has 1 saturated carbocycles. The molecule has 0 heterocycles. The van der Waals surface area contributed by atoms with E-state index in [1.54, 1.807) is 0 Å². The summed E-state index contributed by atoms with van der Waals surface area (Å²) in [6.45, 7) is 1.97. The summed E-state index contributed by atoms with van der Waals surface area (Å²) in [4.78, 5) is 12.8. The maximum Gasteiger partial charge on any atom is 0.237 e. The van der Waals surface area contributed by atoms with Crippen molar-refractivity contribution in [2.45, 2.75) is 32.6 Å². The van der Waals surface area contributed by atoms with Crippen LogP contribution in [-0.2, 0) is 4.79 Å². The number of amides is 1. The summed E-state index contributed by atoms with van der Waals surface area (Å²) >= 11 is 5.11. The van der Waals surface area contributed by atoms with Gasteiger partial charge in [-0.3, -0.25) is 4.79 Å². The van der Waals surface area contributed by atoms with Gasteiger partial charge in [0.05, 0.1) is 10.4 Å². The number of anilines is 1. The highest BCUT2D eigenvalue weighted by atomic mass is 32.1. The minimum absolute atomic E-state index is 0.0539. The van der Waals surface area contributed by atoms with Crippen molar-refractivity contribution in [3.8, 4) is 0 Å². The van der Waals surface area contributed by atoms with Crippen LogP contribution in [-0.4, -0.2) is 10.9 Å². The van der Waals surface area contributed by atoms with E-state index in [9.17, 15) is 4.79 Å². The van der Waals surface area contributed by atoms with Crippen LogP contribution in [0, 0.1) is 12.3 Å². The third-order valence-corrected chi connectivity index (χ3v) is 4.15. The van der Waals surface area contributed by atoms with Crippen molar-refractivity contribution in [1.82, 2.24) is 0 Å². The molecule has 3 nitrogen and oxygen atoms in total. The van der Waals surface area contributed by atoms with Crippen molar-refractivity contribution in [3.63, 3.8) is 0 Å². The van der Waals surface area contributed by atoms with E-state index in [0.717, 1.165) is 36.9 Å². The number of nitrogens with two attached hydrogens (primary N) is 1. The van der Waals surface area contributed by atoms with Crippen molar-refractivity contribution in [2.24, 2.45) is 11.1 Å². The molecule has 0 unspecified atom stereocenters. The predicted molar refractivity (Wildman–Crippen MR) is 77.5 cm³/mol. The standard InChI is InChI=1S/C14H18N2OS/c1-10-6-2-3-7-11(10)16-13(17)14(12(15)18)8-4-5-9-14/h2-3,6-7H,4-5,8-9H2,1H3,(H2,15,18)(H,16,17). The first-order valence-corrected chi connectivity index (χ1v) is 6.64. The van der Waals surface area contributed by atoms with Crippen LogP contribution in [0.3, 0.4) is 0 Å². The molecular formula is C14H18N2OS. The summed E-state index contributed by atoms with van der Waals surface area (Å²) in [5, 5.41) is 2.97. The molecule has 4 heteroatoms. The summed E-state index contributed by atoms with van der Waals surface area (Å²) in [6.07, 6.45) is 3.55. The molecule has 0 aliphatic heterocycles. The smallest absolute Gasteiger partial charge is 0.237 e. The lowest BCUT2D eigenvalue weighted by Gasteiger charge is -2.26. The molecule has 1 aliphatic rings. The normalized spacial score (nSPS) is 17.4. The molecule has 1 aromatic rings. The Hall–Kier alpha value is -1.42. The van der Waals surface area contributed by atoms with E-state index >= 15 is 0 Å². The maximum absolute atomic E-state index is 12.5. The second-order valence-corrected chi connectivity index (χ2v) is 5.36. The number of benzene rings is 1. The molecule has 0 aromatic heterocycles. The Labute approximate surface area is 113 Å². The Balaban J connectivity index is 2.21. The highest BCUT2D eigenvalue weighted by molar-refractivity contribution is 7.80. The number of hydrogen-bond donors (Lipinski definition) is 2. The van der Waals surface area contributed by atoms with Crippen LogP contribution in [0.5, 0.6) is 0 Å². The third-order valence-electron chi connectivity index (χ3n) is 3.76. The van der Waals surface area contributed by atoms with Crippen molar-refractivity contribution in [2.75, 3.05) is 5.32 Å². The Morgan fingerprint density at radius 2 is 1.94 bits per heavy atom. The van der Waals surface area contributed by atoms with Gasteiger partial charge in [-0.1, -0.05) is 43.3 Å². The second kappa shape index (κ2) is 5.06. The molecular weight excluding hydrogens is 244 g/mol. The lowest BCUT2D eigenvalue weighted by atomic mass is 9.85. The fourth-order valence-corrected chi connectivity index (χ4v) is 2.82.